The Morgan fingerprint density at radius 2 is 1.76 bits per heavy atom. The van der Waals surface area contributed by atoms with Gasteiger partial charge in [-0.1, -0.05) is 12.1 Å². The minimum atomic E-state index is -4.95. The van der Waals surface area contributed by atoms with Crippen LogP contribution in [0.15, 0.2) is 48.8 Å². The van der Waals surface area contributed by atoms with Crippen LogP contribution in [0.3, 0.4) is 0 Å². The second-order valence-electron chi connectivity index (χ2n) is 10.7. The van der Waals surface area contributed by atoms with E-state index in [2.05, 4.69) is 15.7 Å². The van der Waals surface area contributed by atoms with Gasteiger partial charge in [0.15, 0.2) is 11.3 Å². The first-order valence-corrected chi connectivity index (χ1v) is 13.5. The Hall–Kier alpha value is -5.15. The maximum absolute atomic E-state index is 13.7. The minimum absolute atomic E-state index is 0.0448. The highest BCUT2D eigenvalue weighted by atomic mass is 19.4. The van der Waals surface area contributed by atoms with Gasteiger partial charge in [0.05, 0.1) is 6.20 Å². The van der Waals surface area contributed by atoms with Crippen LogP contribution in [0.2, 0.25) is 0 Å². The quantitative estimate of drug-likeness (QED) is 0.290. The molecular formula is C29H25F5N6O5. The highest BCUT2D eigenvalue weighted by Gasteiger charge is 2.58. The van der Waals surface area contributed by atoms with Gasteiger partial charge in [0.1, 0.15) is 30.8 Å². The Kier molecular flexibility index (Phi) is 7.93. The first-order chi connectivity index (χ1) is 21.1. The molecule has 236 valence electrons. The lowest BCUT2D eigenvalue weighted by molar-refractivity contribution is -0.187. The number of hydrogen-bond donors (Lipinski definition) is 2. The van der Waals surface area contributed by atoms with Crippen molar-refractivity contribution in [1.29, 1.82) is 0 Å². The minimum Gasteiger partial charge on any atom is -0.358 e. The van der Waals surface area contributed by atoms with Crippen molar-refractivity contribution in [1.82, 2.24) is 30.2 Å². The normalized spacial score (nSPS) is 18.3. The zero-order valence-corrected chi connectivity index (χ0v) is 23.7. The van der Waals surface area contributed by atoms with Crippen LogP contribution in [0.25, 0.3) is 11.1 Å². The number of nitrogens with zero attached hydrogens (tertiary/aromatic N) is 4. The van der Waals surface area contributed by atoms with E-state index in [4.69, 9.17) is 0 Å². The van der Waals surface area contributed by atoms with Crippen molar-refractivity contribution < 1.29 is 45.9 Å². The number of rotatable bonds is 8. The third-order valence-corrected chi connectivity index (χ3v) is 7.76. The van der Waals surface area contributed by atoms with E-state index < -0.39 is 72.5 Å². The Labute approximate surface area is 252 Å². The van der Waals surface area contributed by atoms with E-state index in [0.29, 0.717) is 29.0 Å². The molecule has 45 heavy (non-hydrogen) atoms. The van der Waals surface area contributed by atoms with Crippen LogP contribution in [0, 0.1) is 11.6 Å². The number of likely N-dealkylation sites (N-methyl/N-ethyl adjacent to an activating group) is 1. The molecule has 2 aliphatic rings. The molecule has 0 bridgehead atoms. The Bertz CT molecular complexity index is 1720. The number of nitrogens with one attached hydrogen (secondary N) is 2. The third kappa shape index (κ3) is 5.86. The van der Waals surface area contributed by atoms with Crippen LogP contribution in [0.1, 0.15) is 34.8 Å². The number of halogens is 5. The molecule has 1 aliphatic carbocycles. The van der Waals surface area contributed by atoms with Gasteiger partial charge in [-0.15, -0.1) is 0 Å². The molecule has 3 aromatic rings. The van der Waals surface area contributed by atoms with Gasteiger partial charge in [0.25, 0.3) is 5.91 Å². The molecule has 2 atom stereocenters. The van der Waals surface area contributed by atoms with Crippen molar-refractivity contribution in [3.8, 4) is 11.1 Å². The molecule has 5 rings (SSSR count). The summed E-state index contributed by atoms with van der Waals surface area (Å²) in [6.45, 7) is -1.38. The maximum Gasteiger partial charge on any atom is 0.408 e. The van der Waals surface area contributed by atoms with E-state index in [-0.39, 0.29) is 34.0 Å². The number of amides is 5. The summed E-state index contributed by atoms with van der Waals surface area (Å²) in [6, 6.07) is 2.99. The summed E-state index contributed by atoms with van der Waals surface area (Å²) < 4.78 is 70.0. The van der Waals surface area contributed by atoms with Gasteiger partial charge in [0.2, 0.25) is 11.8 Å². The van der Waals surface area contributed by atoms with Gasteiger partial charge in [0, 0.05) is 43.4 Å². The van der Waals surface area contributed by atoms with Gasteiger partial charge in [-0.2, -0.15) is 18.3 Å². The number of imide groups is 1. The fourth-order valence-corrected chi connectivity index (χ4v) is 5.40. The maximum atomic E-state index is 13.7. The van der Waals surface area contributed by atoms with Crippen molar-refractivity contribution in [2.24, 2.45) is 0 Å². The molecule has 1 aliphatic heterocycles. The molecule has 16 heteroatoms. The Morgan fingerprint density at radius 1 is 1.07 bits per heavy atom. The molecule has 1 spiro atoms. The smallest absolute Gasteiger partial charge is 0.358 e. The number of Topliss-reactive ketones (excluding diaryl/α,β-unsaturated/α-hetero) is 1. The lowest BCUT2D eigenvalue weighted by atomic mass is 9.90. The summed E-state index contributed by atoms with van der Waals surface area (Å²) in [6.07, 6.45) is -2.40. The molecule has 2 aromatic carbocycles. The predicted octanol–water partition coefficient (Wildman–Crippen LogP) is 2.89. The van der Waals surface area contributed by atoms with Gasteiger partial charge in [-0.3, -0.25) is 28.8 Å². The predicted molar refractivity (Wildman–Crippen MR) is 145 cm³/mol. The van der Waals surface area contributed by atoms with Crippen molar-refractivity contribution >= 4 is 29.5 Å². The van der Waals surface area contributed by atoms with E-state index in [1.807, 2.05) is 0 Å². The van der Waals surface area contributed by atoms with Crippen LogP contribution >= 0.6 is 0 Å². The highest BCUT2D eigenvalue weighted by Crippen LogP contribution is 2.43. The summed E-state index contributed by atoms with van der Waals surface area (Å²) in [5.41, 5.74) is -0.848. The monoisotopic (exact) mass is 632 g/mol. The van der Waals surface area contributed by atoms with E-state index in [1.54, 1.807) is 12.3 Å². The molecule has 1 unspecified atom stereocenters. The number of urea groups is 1. The van der Waals surface area contributed by atoms with E-state index in [9.17, 15) is 45.9 Å². The molecule has 5 amide bonds. The number of ketones is 1. The zero-order valence-electron chi connectivity index (χ0n) is 23.7. The van der Waals surface area contributed by atoms with E-state index >= 15 is 0 Å². The largest absolute Gasteiger partial charge is 0.408 e. The first-order valence-electron chi connectivity index (χ1n) is 13.5. The molecule has 0 radical (unpaired) electrons. The third-order valence-electron chi connectivity index (χ3n) is 7.76. The number of aromatic nitrogens is 2. The zero-order chi connectivity index (χ0) is 32.8. The van der Waals surface area contributed by atoms with Crippen LogP contribution in [0.4, 0.5) is 26.7 Å². The molecular weight excluding hydrogens is 607 g/mol. The summed E-state index contributed by atoms with van der Waals surface area (Å²) >= 11 is 0. The van der Waals surface area contributed by atoms with Crippen LogP contribution < -0.4 is 10.6 Å². The summed E-state index contributed by atoms with van der Waals surface area (Å²) in [5.74, 6) is -5.27. The van der Waals surface area contributed by atoms with Crippen molar-refractivity contribution in [3.63, 3.8) is 0 Å². The number of benzene rings is 2. The fraction of sp³-hybridized carbons (Fsp3) is 0.310. The molecule has 1 aromatic heterocycles. The molecule has 1 fully saturated rings. The topological polar surface area (TPSA) is 134 Å². The van der Waals surface area contributed by atoms with Gasteiger partial charge < -0.3 is 15.5 Å². The first kappa shape index (κ1) is 31.3. The van der Waals surface area contributed by atoms with E-state index in [1.165, 1.54) is 30.1 Å². The van der Waals surface area contributed by atoms with E-state index in [0.717, 1.165) is 12.1 Å². The van der Waals surface area contributed by atoms with Crippen LogP contribution in [-0.4, -0.2) is 74.9 Å². The number of carbonyl (C=O) groups excluding carboxylic acids is 5. The molecule has 11 nitrogen and oxygen atoms in total. The second kappa shape index (κ2) is 11.4. The van der Waals surface area contributed by atoms with Gasteiger partial charge >= 0.3 is 12.2 Å². The second-order valence-corrected chi connectivity index (χ2v) is 10.7. The van der Waals surface area contributed by atoms with Crippen LogP contribution in [-0.2, 0) is 33.0 Å². The van der Waals surface area contributed by atoms with Crippen LogP contribution in [0.5, 0.6) is 0 Å². The summed E-state index contributed by atoms with van der Waals surface area (Å²) in [7, 11) is 1.48. The fourth-order valence-electron chi connectivity index (χ4n) is 5.40. The summed E-state index contributed by atoms with van der Waals surface area (Å²) in [5, 5.41) is 9.02. The van der Waals surface area contributed by atoms with Crippen molar-refractivity contribution in [2.75, 3.05) is 13.6 Å². The highest BCUT2D eigenvalue weighted by molar-refractivity contribution is 6.17. The number of fused-ring (bicyclic) bond motifs is 2. The summed E-state index contributed by atoms with van der Waals surface area (Å²) in [4.78, 5) is 65.3. The number of alkyl halides is 3. The van der Waals surface area contributed by atoms with Crippen molar-refractivity contribution in [3.05, 3.63) is 77.1 Å². The van der Waals surface area contributed by atoms with Gasteiger partial charge in [-0.25, -0.2) is 13.6 Å². The number of hydrogen-bond acceptors (Lipinski definition) is 6. The molecule has 0 saturated carbocycles. The molecule has 1 saturated heterocycles. The molecule has 2 N–H and O–H groups in total. The average Bonchev–Trinajstić information content (AvgIpc) is 3.61. The van der Waals surface area contributed by atoms with Crippen molar-refractivity contribution in [2.45, 2.75) is 44.2 Å². The lowest BCUT2D eigenvalue weighted by Crippen LogP contribution is -2.51. The molecule has 2 heterocycles. The average molecular weight is 633 g/mol. The Balaban J connectivity index is 1.40. The van der Waals surface area contributed by atoms with Gasteiger partial charge in [-0.05, 0) is 41.8 Å². The SMILES string of the molecule is CNC(=O)Cn1cc(-c2ccc3c(c2)C(=O)C[C@]32NC(=O)N(CC(=O)N(Cc3cc(F)cc(F)c3)C(C)C(F)(F)F)C2=O)cn1. The lowest BCUT2D eigenvalue weighted by Gasteiger charge is -2.32. The standard InChI is InChI=1S/C29H25F5N6O5/c1-15(29(32,33)34)39(11-16-5-19(30)8-20(31)6-16)25(43)14-40-26(44)28(37-27(40)45)9-23(41)21-7-17(3-4-22(21)28)18-10-36-38(12-18)13-24(42)35-2/h3-8,10,12,15H,9,11,13-14H2,1-2H3,(H,35,42)(H,37,45)/t15?,28-/m0/s1. The Morgan fingerprint density at radius 3 is 2.40 bits per heavy atom. The number of carbonyl (C=O) groups is 5.